The molecule has 0 aliphatic carbocycles. The molecule has 1 amide bonds. The van der Waals surface area contributed by atoms with E-state index in [4.69, 9.17) is 21.7 Å². The van der Waals surface area contributed by atoms with Crippen LogP contribution >= 0.6 is 39.9 Å². The minimum absolute atomic E-state index is 0.173. The van der Waals surface area contributed by atoms with E-state index in [1.165, 1.54) is 11.8 Å². The number of carbonyl (C=O) groups excluding carboxylic acids is 1. The van der Waals surface area contributed by atoms with Crippen LogP contribution in [0.4, 0.5) is 0 Å². The third-order valence-electron chi connectivity index (χ3n) is 3.52. The lowest BCUT2D eigenvalue weighted by atomic mass is 10.2. The van der Waals surface area contributed by atoms with E-state index in [0.29, 0.717) is 33.9 Å². The Kier molecular flexibility index (Phi) is 6.34. The predicted octanol–water partition coefficient (Wildman–Crippen LogP) is 4.92. The highest BCUT2D eigenvalue weighted by atomic mass is 79.9. The van der Waals surface area contributed by atoms with Gasteiger partial charge in [-0.1, -0.05) is 58.1 Å². The quantitative estimate of drug-likeness (QED) is 0.501. The van der Waals surface area contributed by atoms with Crippen molar-refractivity contribution in [2.45, 2.75) is 13.5 Å². The van der Waals surface area contributed by atoms with Crippen LogP contribution in [-0.4, -0.2) is 16.8 Å². The molecule has 0 bridgehead atoms. The van der Waals surface area contributed by atoms with Crippen molar-refractivity contribution in [3.8, 4) is 11.5 Å². The van der Waals surface area contributed by atoms with Crippen LogP contribution in [0.1, 0.15) is 18.1 Å². The lowest BCUT2D eigenvalue weighted by Crippen LogP contribution is -2.17. The molecule has 1 fully saturated rings. The normalized spacial score (nSPS) is 15.2. The Labute approximate surface area is 170 Å². The number of nitrogens with one attached hydrogen (secondary N) is 1. The lowest BCUT2D eigenvalue weighted by Gasteiger charge is -2.13. The van der Waals surface area contributed by atoms with E-state index in [0.717, 1.165) is 15.6 Å². The molecule has 0 spiro atoms. The molecule has 1 saturated heterocycles. The van der Waals surface area contributed by atoms with Gasteiger partial charge in [0.2, 0.25) is 0 Å². The van der Waals surface area contributed by atoms with Gasteiger partial charge in [0.25, 0.3) is 5.91 Å². The number of ether oxygens (including phenoxy) is 2. The first-order valence-electron chi connectivity index (χ1n) is 7.94. The highest BCUT2D eigenvalue weighted by Crippen LogP contribution is 2.32. The van der Waals surface area contributed by atoms with Crippen molar-refractivity contribution < 1.29 is 14.3 Å². The molecule has 26 heavy (non-hydrogen) atoms. The van der Waals surface area contributed by atoms with Crippen LogP contribution in [0.3, 0.4) is 0 Å². The van der Waals surface area contributed by atoms with E-state index >= 15 is 0 Å². The summed E-state index contributed by atoms with van der Waals surface area (Å²) >= 11 is 9.69. The van der Waals surface area contributed by atoms with Gasteiger partial charge < -0.3 is 14.8 Å². The first-order chi connectivity index (χ1) is 12.5. The Morgan fingerprint density at radius 3 is 2.58 bits per heavy atom. The Morgan fingerprint density at radius 1 is 1.15 bits per heavy atom. The third-order valence-corrected chi connectivity index (χ3v) is 5.21. The number of amides is 1. The fourth-order valence-electron chi connectivity index (χ4n) is 2.32. The topological polar surface area (TPSA) is 47.6 Å². The van der Waals surface area contributed by atoms with Crippen LogP contribution in [0.2, 0.25) is 0 Å². The van der Waals surface area contributed by atoms with Gasteiger partial charge in [-0.25, -0.2) is 0 Å². The number of thiocarbonyl (C=S) groups is 1. The summed E-state index contributed by atoms with van der Waals surface area (Å²) in [5, 5.41) is 2.61. The number of halogens is 1. The first-order valence-corrected chi connectivity index (χ1v) is 9.96. The summed E-state index contributed by atoms with van der Waals surface area (Å²) in [6, 6.07) is 13.6. The number of carbonyl (C=O) groups is 1. The third kappa shape index (κ3) is 4.87. The molecular weight excluding hydrogens is 434 g/mol. The highest BCUT2D eigenvalue weighted by molar-refractivity contribution is 9.10. The van der Waals surface area contributed by atoms with Gasteiger partial charge in [0.15, 0.2) is 11.5 Å². The second kappa shape index (κ2) is 8.70. The molecule has 1 aliphatic heterocycles. The second-order valence-electron chi connectivity index (χ2n) is 5.41. The Balaban J connectivity index is 1.78. The number of thioether (sulfide) groups is 1. The minimum Gasteiger partial charge on any atom is -0.490 e. The first kappa shape index (κ1) is 18.9. The van der Waals surface area contributed by atoms with E-state index in [1.54, 1.807) is 6.08 Å². The highest BCUT2D eigenvalue weighted by Gasteiger charge is 2.22. The van der Waals surface area contributed by atoms with Crippen LogP contribution in [0.25, 0.3) is 6.08 Å². The molecule has 1 N–H and O–H groups in total. The van der Waals surface area contributed by atoms with Gasteiger partial charge in [-0.3, -0.25) is 4.79 Å². The lowest BCUT2D eigenvalue weighted by molar-refractivity contribution is -0.115. The van der Waals surface area contributed by atoms with Crippen LogP contribution in [0.15, 0.2) is 51.8 Å². The Morgan fingerprint density at radius 2 is 1.92 bits per heavy atom. The molecule has 0 aromatic heterocycles. The van der Waals surface area contributed by atoms with E-state index < -0.39 is 0 Å². The number of benzene rings is 2. The van der Waals surface area contributed by atoms with Crippen molar-refractivity contribution in [2.24, 2.45) is 0 Å². The van der Waals surface area contributed by atoms with Gasteiger partial charge in [-0.2, -0.15) is 0 Å². The monoisotopic (exact) mass is 449 g/mol. The number of rotatable bonds is 6. The van der Waals surface area contributed by atoms with Crippen molar-refractivity contribution in [3.05, 3.63) is 63.0 Å². The maximum atomic E-state index is 11.8. The summed E-state index contributed by atoms with van der Waals surface area (Å²) in [4.78, 5) is 12.4. The Bertz CT molecular complexity index is 866. The van der Waals surface area contributed by atoms with E-state index in [9.17, 15) is 4.79 Å². The molecule has 0 unspecified atom stereocenters. The molecule has 2 aromatic carbocycles. The fraction of sp³-hybridized carbons (Fsp3) is 0.158. The molecule has 134 valence electrons. The van der Waals surface area contributed by atoms with Crippen molar-refractivity contribution in [1.29, 1.82) is 0 Å². The average Bonchev–Trinajstić information content (AvgIpc) is 2.93. The van der Waals surface area contributed by atoms with E-state index in [2.05, 4.69) is 21.2 Å². The molecule has 7 heteroatoms. The molecule has 0 atom stereocenters. The second-order valence-corrected chi connectivity index (χ2v) is 8.04. The van der Waals surface area contributed by atoms with Crippen molar-refractivity contribution in [2.75, 3.05) is 6.61 Å². The number of hydrogen-bond acceptors (Lipinski definition) is 5. The van der Waals surface area contributed by atoms with Crippen LogP contribution in [-0.2, 0) is 11.4 Å². The number of hydrogen-bond donors (Lipinski definition) is 1. The molecule has 0 saturated carbocycles. The van der Waals surface area contributed by atoms with Gasteiger partial charge >= 0.3 is 0 Å². The molecule has 3 rings (SSSR count). The van der Waals surface area contributed by atoms with Gasteiger partial charge in [0.1, 0.15) is 10.9 Å². The molecule has 1 aliphatic rings. The van der Waals surface area contributed by atoms with Gasteiger partial charge in [0, 0.05) is 4.47 Å². The standard InChI is InChI=1S/C19H16BrNO3S2/c1-2-23-16-9-13(10-17-18(22)21-19(25)26-17)5-8-15(16)24-11-12-3-6-14(20)7-4-12/h3-10H,2,11H2,1H3,(H,21,22,25)/b17-10-. The summed E-state index contributed by atoms with van der Waals surface area (Å²) < 4.78 is 13.1. The maximum Gasteiger partial charge on any atom is 0.263 e. The molecule has 0 radical (unpaired) electrons. The predicted molar refractivity (Wildman–Crippen MR) is 112 cm³/mol. The minimum atomic E-state index is -0.173. The zero-order valence-electron chi connectivity index (χ0n) is 14.0. The van der Waals surface area contributed by atoms with E-state index in [-0.39, 0.29) is 5.91 Å². The van der Waals surface area contributed by atoms with Crippen LogP contribution in [0.5, 0.6) is 11.5 Å². The van der Waals surface area contributed by atoms with E-state index in [1.807, 2.05) is 49.4 Å². The molecular formula is C19H16BrNO3S2. The molecule has 1 heterocycles. The summed E-state index contributed by atoms with van der Waals surface area (Å²) in [5.41, 5.74) is 1.92. The largest absolute Gasteiger partial charge is 0.490 e. The zero-order valence-corrected chi connectivity index (χ0v) is 17.2. The van der Waals surface area contributed by atoms with Crippen molar-refractivity contribution >= 4 is 56.2 Å². The summed E-state index contributed by atoms with van der Waals surface area (Å²) in [6.45, 7) is 2.89. The molecule has 2 aromatic rings. The summed E-state index contributed by atoms with van der Waals surface area (Å²) in [7, 11) is 0. The SMILES string of the molecule is CCOc1cc(/C=C2\SC(=S)NC2=O)ccc1OCc1ccc(Br)cc1. The zero-order chi connectivity index (χ0) is 18.5. The fourth-order valence-corrected chi connectivity index (χ4v) is 3.62. The van der Waals surface area contributed by atoms with Gasteiger partial charge in [-0.15, -0.1) is 0 Å². The summed E-state index contributed by atoms with van der Waals surface area (Å²) in [6.07, 6.45) is 1.79. The Hall–Kier alpha value is -1.83. The van der Waals surface area contributed by atoms with Crippen LogP contribution in [0, 0.1) is 0 Å². The van der Waals surface area contributed by atoms with Gasteiger partial charge in [0.05, 0.1) is 11.5 Å². The van der Waals surface area contributed by atoms with Gasteiger partial charge in [-0.05, 0) is 48.4 Å². The maximum absolute atomic E-state index is 11.8. The smallest absolute Gasteiger partial charge is 0.263 e. The molecule has 4 nitrogen and oxygen atoms in total. The average molecular weight is 450 g/mol. The van der Waals surface area contributed by atoms with Crippen molar-refractivity contribution in [3.63, 3.8) is 0 Å². The van der Waals surface area contributed by atoms with Crippen molar-refractivity contribution in [1.82, 2.24) is 5.32 Å². The summed E-state index contributed by atoms with van der Waals surface area (Å²) in [5.74, 6) is 1.13. The van der Waals surface area contributed by atoms with Crippen LogP contribution < -0.4 is 14.8 Å².